The highest BCUT2D eigenvalue weighted by molar-refractivity contribution is 6.10. The maximum Gasteiger partial charge on any atom is 0.409 e. The molecule has 1 aliphatic rings. The summed E-state index contributed by atoms with van der Waals surface area (Å²) < 4.78 is 5.35. The molecular weight excluding hydrogens is 342 g/mol. The Morgan fingerprint density at radius 3 is 2.67 bits per heavy atom. The number of aromatic nitrogens is 1. The van der Waals surface area contributed by atoms with Gasteiger partial charge in [0.25, 0.3) is 0 Å². The Balaban J connectivity index is 1.63. The van der Waals surface area contributed by atoms with Gasteiger partial charge in [0, 0.05) is 48.8 Å². The smallest absolute Gasteiger partial charge is 0.409 e. The Morgan fingerprint density at radius 2 is 1.89 bits per heavy atom. The lowest BCUT2D eigenvalue weighted by Crippen LogP contribution is -2.42. The van der Waals surface area contributed by atoms with Crippen LogP contribution in [0.2, 0.25) is 0 Å². The minimum Gasteiger partial charge on any atom is -0.449 e. The highest BCUT2D eigenvalue weighted by atomic mass is 16.6. The van der Waals surface area contributed by atoms with Gasteiger partial charge in [-0.2, -0.15) is 0 Å². The van der Waals surface area contributed by atoms with Crippen LogP contribution in [0.15, 0.2) is 30.5 Å². The number of aromatic amines is 1. The summed E-state index contributed by atoms with van der Waals surface area (Å²) >= 11 is 0. The highest BCUT2D eigenvalue weighted by Gasteiger charge is 2.28. The molecule has 6 nitrogen and oxygen atoms in total. The average molecular weight is 371 g/mol. The number of hydrogen-bond acceptors (Lipinski definition) is 4. The number of nitrogens with one attached hydrogen (secondary N) is 1. The first-order chi connectivity index (χ1) is 13.0. The molecule has 2 heterocycles. The van der Waals surface area contributed by atoms with Crippen molar-refractivity contribution < 1.29 is 14.3 Å². The van der Waals surface area contributed by atoms with Crippen molar-refractivity contribution in [2.75, 3.05) is 32.8 Å². The van der Waals surface area contributed by atoms with Crippen LogP contribution >= 0.6 is 0 Å². The molecular formula is C21H29N3O3. The molecule has 0 spiro atoms. The van der Waals surface area contributed by atoms with Crippen LogP contribution < -0.4 is 0 Å². The van der Waals surface area contributed by atoms with E-state index >= 15 is 0 Å². The molecule has 0 radical (unpaired) electrons. The molecule has 2 aromatic rings. The number of H-pyrrole nitrogens is 1. The van der Waals surface area contributed by atoms with Gasteiger partial charge in [0.05, 0.1) is 12.6 Å². The van der Waals surface area contributed by atoms with E-state index in [1.165, 1.54) is 0 Å². The fourth-order valence-corrected chi connectivity index (χ4v) is 3.50. The van der Waals surface area contributed by atoms with Crippen molar-refractivity contribution in [1.82, 2.24) is 14.8 Å². The fourth-order valence-electron chi connectivity index (χ4n) is 3.50. The zero-order chi connectivity index (χ0) is 19.4. The summed E-state index contributed by atoms with van der Waals surface area (Å²) in [7, 11) is 0. The van der Waals surface area contributed by atoms with E-state index in [9.17, 15) is 9.59 Å². The number of amides is 1. The van der Waals surface area contributed by atoms with Gasteiger partial charge in [0.1, 0.15) is 0 Å². The SMILES string of the molecule is CC(C)COC(=O)N1CCCN(C(C)C(=O)c2c[nH]c3ccccc23)CC1. The number of nitrogens with zero attached hydrogens (tertiary/aromatic N) is 2. The minimum atomic E-state index is -0.249. The van der Waals surface area contributed by atoms with Crippen LogP contribution in [0.3, 0.4) is 0 Å². The molecule has 1 aromatic heterocycles. The maximum atomic E-state index is 13.1. The number of Topliss-reactive ketones (excluding diaryl/α,β-unsaturated/α-hetero) is 1. The van der Waals surface area contributed by atoms with E-state index in [0.717, 1.165) is 29.4 Å². The van der Waals surface area contributed by atoms with Crippen LogP contribution in [0.5, 0.6) is 0 Å². The monoisotopic (exact) mass is 371 g/mol. The molecule has 1 atom stereocenters. The van der Waals surface area contributed by atoms with E-state index in [2.05, 4.69) is 9.88 Å². The molecule has 3 rings (SSSR count). The molecule has 1 aliphatic heterocycles. The average Bonchev–Trinajstić information content (AvgIpc) is 2.94. The number of fused-ring (bicyclic) bond motifs is 1. The van der Waals surface area contributed by atoms with Gasteiger partial charge in [-0.05, 0) is 25.3 Å². The standard InChI is InChI=1S/C21H29N3O3/c1-15(2)14-27-21(26)24-10-6-9-23(11-12-24)16(3)20(25)18-13-22-19-8-5-4-7-17(18)19/h4-5,7-8,13,15-16,22H,6,9-12,14H2,1-3H3. The second-order valence-corrected chi connectivity index (χ2v) is 7.64. The van der Waals surface area contributed by atoms with Crippen molar-refractivity contribution in [2.45, 2.75) is 33.2 Å². The number of hydrogen-bond donors (Lipinski definition) is 1. The number of benzene rings is 1. The number of carbonyl (C=O) groups is 2. The minimum absolute atomic E-state index is 0.114. The van der Waals surface area contributed by atoms with Crippen LogP contribution in [0.1, 0.15) is 37.6 Å². The summed E-state index contributed by atoms with van der Waals surface area (Å²) in [6.07, 6.45) is 2.39. The van der Waals surface area contributed by atoms with Crippen LogP contribution in [-0.2, 0) is 4.74 Å². The third-order valence-electron chi connectivity index (χ3n) is 5.11. The van der Waals surface area contributed by atoms with Gasteiger partial charge in [-0.1, -0.05) is 32.0 Å². The number of ketones is 1. The first kappa shape index (κ1) is 19.4. The van der Waals surface area contributed by atoms with Gasteiger partial charge in [0.2, 0.25) is 0 Å². The molecule has 146 valence electrons. The molecule has 0 bridgehead atoms. The summed E-state index contributed by atoms with van der Waals surface area (Å²) in [5, 5.41) is 0.961. The molecule has 1 amide bonds. The van der Waals surface area contributed by atoms with Crippen LogP contribution in [0.4, 0.5) is 4.79 Å². The fraction of sp³-hybridized carbons (Fsp3) is 0.524. The van der Waals surface area contributed by atoms with Gasteiger partial charge in [-0.25, -0.2) is 4.79 Å². The predicted molar refractivity (Wildman–Crippen MR) is 106 cm³/mol. The maximum absolute atomic E-state index is 13.1. The molecule has 1 fully saturated rings. The molecule has 6 heteroatoms. The quantitative estimate of drug-likeness (QED) is 0.817. The van der Waals surface area contributed by atoms with E-state index in [1.54, 1.807) is 11.1 Å². The highest BCUT2D eigenvalue weighted by Crippen LogP contribution is 2.21. The zero-order valence-corrected chi connectivity index (χ0v) is 16.4. The number of para-hydroxylation sites is 1. The van der Waals surface area contributed by atoms with Gasteiger partial charge < -0.3 is 14.6 Å². The molecule has 1 saturated heterocycles. The van der Waals surface area contributed by atoms with Crippen molar-refractivity contribution in [3.8, 4) is 0 Å². The zero-order valence-electron chi connectivity index (χ0n) is 16.4. The first-order valence-electron chi connectivity index (χ1n) is 9.73. The molecule has 1 unspecified atom stereocenters. The molecule has 27 heavy (non-hydrogen) atoms. The number of rotatable bonds is 5. The number of carbonyl (C=O) groups excluding carboxylic acids is 2. The van der Waals surface area contributed by atoms with Crippen molar-refractivity contribution >= 4 is 22.8 Å². The van der Waals surface area contributed by atoms with E-state index in [-0.39, 0.29) is 17.9 Å². The molecule has 0 saturated carbocycles. The third kappa shape index (κ3) is 4.50. The lowest BCUT2D eigenvalue weighted by atomic mass is 10.0. The summed E-state index contributed by atoms with van der Waals surface area (Å²) in [5.74, 6) is 0.439. The summed E-state index contributed by atoms with van der Waals surface area (Å²) in [5.41, 5.74) is 1.71. The Bertz CT molecular complexity index is 799. The van der Waals surface area contributed by atoms with Gasteiger partial charge >= 0.3 is 6.09 Å². The first-order valence-corrected chi connectivity index (χ1v) is 9.73. The summed E-state index contributed by atoms with van der Waals surface area (Å²) in [6, 6.07) is 7.63. The predicted octanol–water partition coefficient (Wildman–Crippen LogP) is 3.54. The Kier molecular flexibility index (Phi) is 6.16. The van der Waals surface area contributed by atoms with Crippen molar-refractivity contribution in [1.29, 1.82) is 0 Å². The normalized spacial score (nSPS) is 17.1. The van der Waals surface area contributed by atoms with Gasteiger partial charge in [-0.3, -0.25) is 9.69 Å². The van der Waals surface area contributed by atoms with Crippen molar-refractivity contribution in [3.63, 3.8) is 0 Å². The van der Waals surface area contributed by atoms with Gasteiger partial charge in [0.15, 0.2) is 5.78 Å². The largest absolute Gasteiger partial charge is 0.449 e. The lowest BCUT2D eigenvalue weighted by Gasteiger charge is -2.26. The van der Waals surface area contributed by atoms with Crippen LogP contribution in [0.25, 0.3) is 10.9 Å². The molecule has 1 aromatic carbocycles. The van der Waals surface area contributed by atoms with Gasteiger partial charge in [-0.15, -0.1) is 0 Å². The Morgan fingerprint density at radius 1 is 1.11 bits per heavy atom. The Labute approximate surface area is 160 Å². The molecule has 0 aliphatic carbocycles. The Hall–Kier alpha value is -2.34. The van der Waals surface area contributed by atoms with E-state index in [0.29, 0.717) is 32.2 Å². The third-order valence-corrected chi connectivity index (χ3v) is 5.11. The topological polar surface area (TPSA) is 65.6 Å². The lowest BCUT2D eigenvalue weighted by molar-refractivity contribution is 0.0830. The second kappa shape index (κ2) is 8.57. The van der Waals surface area contributed by atoms with E-state index < -0.39 is 0 Å². The number of ether oxygens (including phenoxy) is 1. The van der Waals surface area contributed by atoms with Crippen LogP contribution in [0, 0.1) is 5.92 Å². The van der Waals surface area contributed by atoms with Crippen molar-refractivity contribution in [2.24, 2.45) is 5.92 Å². The second-order valence-electron chi connectivity index (χ2n) is 7.64. The summed E-state index contributed by atoms with van der Waals surface area (Å²) in [4.78, 5) is 32.4. The van der Waals surface area contributed by atoms with Crippen molar-refractivity contribution in [3.05, 3.63) is 36.0 Å². The van der Waals surface area contributed by atoms with Crippen LogP contribution in [-0.4, -0.2) is 65.5 Å². The van der Waals surface area contributed by atoms with E-state index in [1.807, 2.05) is 45.0 Å². The molecule has 1 N–H and O–H groups in total. The summed E-state index contributed by atoms with van der Waals surface area (Å²) in [6.45, 7) is 9.16. The van der Waals surface area contributed by atoms with E-state index in [4.69, 9.17) is 4.74 Å².